The predicted molar refractivity (Wildman–Crippen MR) is 106 cm³/mol. The van der Waals surface area contributed by atoms with Crippen molar-refractivity contribution in [3.8, 4) is 5.75 Å². The van der Waals surface area contributed by atoms with E-state index in [0.29, 0.717) is 5.75 Å². The van der Waals surface area contributed by atoms with Crippen molar-refractivity contribution in [3.05, 3.63) is 59.2 Å². The van der Waals surface area contributed by atoms with Gasteiger partial charge in [0.25, 0.3) is 5.91 Å². The van der Waals surface area contributed by atoms with E-state index in [9.17, 15) is 9.59 Å². The lowest BCUT2D eigenvalue weighted by atomic mass is 10.0. The highest BCUT2D eigenvalue weighted by Gasteiger charge is 2.20. The lowest BCUT2D eigenvalue weighted by molar-refractivity contribution is -0.155. The third-order valence-electron chi connectivity index (χ3n) is 4.29. The molecule has 1 amide bonds. The fourth-order valence-electron chi connectivity index (χ4n) is 2.75. The summed E-state index contributed by atoms with van der Waals surface area (Å²) in [6.07, 6.45) is -0.916. The second kappa shape index (κ2) is 9.21. The molecule has 2 aromatic rings. The van der Waals surface area contributed by atoms with Gasteiger partial charge in [-0.25, -0.2) is 4.79 Å². The molecule has 0 aliphatic rings. The molecule has 0 bridgehead atoms. The molecule has 0 aromatic heterocycles. The van der Waals surface area contributed by atoms with E-state index >= 15 is 0 Å². The van der Waals surface area contributed by atoms with Crippen molar-refractivity contribution < 1.29 is 19.1 Å². The normalized spacial score (nSPS) is 11.8. The van der Waals surface area contributed by atoms with Crippen molar-refractivity contribution in [1.82, 2.24) is 0 Å². The van der Waals surface area contributed by atoms with Crippen LogP contribution in [0.15, 0.2) is 42.5 Å². The van der Waals surface area contributed by atoms with Crippen molar-refractivity contribution in [2.75, 3.05) is 11.9 Å². The summed E-state index contributed by atoms with van der Waals surface area (Å²) in [6.45, 7) is 9.24. The zero-order valence-corrected chi connectivity index (χ0v) is 16.5. The second-order valence-corrected chi connectivity index (χ2v) is 6.87. The van der Waals surface area contributed by atoms with Crippen LogP contribution in [0.5, 0.6) is 5.75 Å². The average Bonchev–Trinajstić information content (AvgIpc) is 2.63. The van der Waals surface area contributed by atoms with Gasteiger partial charge in [0, 0.05) is 5.69 Å². The number of aryl methyl sites for hydroxylation is 2. The van der Waals surface area contributed by atoms with Crippen LogP contribution < -0.4 is 10.1 Å². The SMILES string of the molecule is Cc1cccc(C)c1NC(=O)[C@H](C)OC(=O)COc1ccccc1C(C)C. The second-order valence-electron chi connectivity index (χ2n) is 6.87. The van der Waals surface area contributed by atoms with Gasteiger partial charge in [0.05, 0.1) is 0 Å². The maximum absolute atomic E-state index is 12.3. The van der Waals surface area contributed by atoms with E-state index in [4.69, 9.17) is 9.47 Å². The first-order valence-electron chi connectivity index (χ1n) is 9.08. The van der Waals surface area contributed by atoms with E-state index in [0.717, 1.165) is 22.4 Å². The molecule has 1 atom stereocenters. The largest absolute Gasteiger partial charge is 0.482 e. The molecular weight excluding hydrogens is 342 g/mol. The summed E-state index contributed by atoms with van der Waals surface area (Å²) >= 11 is 0. The molecule has 0 aliphatic carbocycles. The molecule has 2 aromatic carbocycles. The lowest BCUT2D eigenvalue weighted by Crippen LogP contribution is -2.32. The molecular formula is C22H27NO4. The molecule has 0 spiro atoms. The van der Waals surface area contributed by atoms with Crippen LogP contribution in [0, 0.1) is 13.8 Å². The fourth-order valence-corrected chi connectivity index (χ4v) is 2.75. The molecule has 0 fully saturated rings. The van der Waals surface area contributed by atoms with Gasteiger partial charge in [-0.3, -0.25) is 4.79 Å². The van der Waals surface area contributed by atoms with Gasteiger partial charge in [0.2, 0.25) is 0 Å². The van der Waals surface area contributed by atoms with E-state index < -0.39 is 12.1 Å². The Kier molecular flexibility index (Phi) is 6.99. The van der Waals surface area contributed by atoms with Gasteiger partial charge in [0.15, 0.2) is 12.7 Å². The minimum atomic E-state index is -0.916. The summed E-state index contributed by atoms with van der Waals surface area (Å²) in [5, 5.41) is 2.82. The van der Waals surface area contributed by atoms with E-state index in [2.05, 4.69) is 19.2 Å². The predicted octanol–water partition coefficient (Wildman–Crippen LogP) is 4.38. The average molecular weight is 369 g/mol. The number of hydrogen-bond acceptors (Lipinski definition) is 4. The number of benzene rings is 2. The maximum Gasteiger partial charge on any atom is 0.344 e. The van der Waals surface area contributed by atoms with Crippen LogP contribution in [-0.2, 0) is 14.3 Å². The number of para-hydroxylation sites is 2. The van der Waals surface area contributed by atoms with Crippen LogP contribution >= 0.6 is 0 Å². The van der Waals surface area contributed by atoms with E-state index in [1.54, 1.807) is 6.92 Å². The molecule has 27 heavy (non-hydrogen) atoms. The number of carbonyl (C=O) groups is 2. The number of carbonyl (C=O) groups excluding carboxylic acids is 2. The molecule has 0 radical (unpaired) electrons. The van der Waals surface area contributed by atoms with Gasteiger partial charge in [-0.1, -0.05) is 50.2 Å². The molecule has 5 heteroatoms. The van der Waals surface area contributed by atoms with Crippen molar-refractivity contribution in [3.63, 3.8) is 0 Å². The fraction of sp³-hybridized carbons (Fsp3) is 0.364. The minimum Gasteiger partial charge on any atom is -0.482 e. The summed E-state index contributed by atoms with van der Waals surface area (Å²) < 4.78 is 10.8. The summed E-state index contributed by atoms with van der Waals surface area (Å²) in [5.74, 6) is -0.0302. The minimum absolute atomic E-state index is 0.245. The lowest BCUT2D eigenvalue weighted by Gasteiger charge is -2.17. The number of amides is 1. The first-order chi connectivity index (χ1) is 12.8. The van der Waals surface area contributed by atoms with E-state index in [1.165, 1.54) is 0 Å². The Morgan fingerprint density at radius 3 is 2.22 bits per heavy atom. The number of esters is 1. The Morgan fingerprint density at radius 2 is 1.59 bits per heavy atom. The number of rotatable bonds is 7. The molecule has 0 aliphatic heterocycles. The van der Waals surface area contributed by atoms with Crippen LogP contribution in [0.3, 0.4) is 0 Å². The summed E-state index contributed by atoms with van der Waals surface area (Å²) in [4.78, 5) is 24.4. The van der Waals surface area contributed by atoms with Crippen LogP contribution in [-0.4, -0.2) is 24.6 Å². The van der Waals surface area contributed by atoms with Crippen LogP contribution in [0.2, 0.25) is 0 Å². The highest BCUT2D eigenvalue weighted by atomic mass is 16.6. The third kappa shape index (κ3) is 5.58. The van der Waals surface area contributed by atoms with Gasteiger partial charge in [-0.05, 0) is 49.4 Å². The van der Waals surface area contributed by atoms with Crippen molar-refractivity contribution in [1.29, 1.82) is 0 Å². The number of anilines is 1. The van der Waals surface area contributed by atoms with Crippen molar-refractivity contribution >= 4 is 17.6 Å². The molecule has 5 nitrogen and oxygen atoms in total. The summed E-state index contributed by atoms with van der Waals surface area (Å²) in [5.41, 5.74) is 3.67. The number of ether oxygens (including phenoxy) is 2. The monoisotopic (exact) mass is 369 g/mol. The summed E-state index contributed by atoms with van der Waals surface area (Å²) in [6, 6.07) is 13.3. The zero-order valence-electron chi connectivity index (χ0n) is 16.5. The van der Waals surface area contributed by atoms with Crippen LogP contribution in [0.1, 0.15) is 43.4 Å². The molecule has 0 saturated heterocycles. The molecule has 0 unspecified atom stereocenters. The van der Waals surface area contributed by atoms with Crippen LogP contribution in [0.25, 0.3) is 0 Å². The smallest absolute Gasteiger partial charge is 0.344 e. The Hall–Kier alpha value is -2.82. The quantitative estimate of drug-likeness (QED) is 0.736. The highest BCUT2D eigenvalue weighted by molar-refractivity contribution is 5.96. The molecule has 1 N–H and O–H groups in total. The first kappa shape index (κ1) is 20.5. The van der Waals surface area contributed by atoms with Gasteiger partial charge in [-0.15, -0.1) is 0 Å². The molecule has 0 heterocycles. The topological polar surface area (TPSA) is 64.6 Å². The summed E-state index contributed by atoms with van der Waals surface area (Å²) in [7, 11) is 0. The van der Waals surface area contributed by atoms with Crippen molar-refractivity contribution in [2.45, 2.75) is 46.6 Å². The highest BCUT2D eigenvalue weighted by Crippen LogP contribution is 2.25. The van der Waals surface area contributed by atoms with E-state index in [1.807, 2.05) is 56.3 Å². The standard InChI is InChI=1S/C22H27NO4/c1-14(2)18-11-6-7-12-19(18)26-13-20(24)27-17(5)22(25)23-21-15(3)9-8-10-16(21)4/h6-12,14,17H,13H2,1-5H3,(H,23,25)/t17-/m0/s1. The Morgan fingerprint density at radius 1 is 0.963 bits per heavy atom. The zero-order chi connectivity index (χ0) is 20.0. The molecule has 0 saturated carbocycles. The third-order valence-corrected chi connectivity index (χ3v) is 4.29. The van der Waals surface area contributed by atoms with Gasteiger partial charge in [0.1, 0.15) is 5.75 Å². The molecule has 144 valence electrons. The number of nitrogens with one attached hydrogen (secondary N) is 1. The molecule has 2 rings (SSSR count). The van der Waals surface area contributed by atoms with Gasteiger partial charge < -0.3 is 14.8 Å². The van der Waals surface area contributed by atoms with Crippen LogP contribution in [0.4, 0.5) is 5.69 Å². The Labute approximate surface area is 160 Å². The van der Waals surface area contributed by atoms with Gasteiger partial charge in [-0.2, -0.15) is 0 Å². The number of hydrogen-bond donors (Lipinski definition) is 1. The van der Waals surface area contributed by atoms with Gasteiger partial charge >= 0.3 is 5.97 Å². The Bertz CT molecular complexity index is 793. The maximum atomic E-state index is 12.3. The Balaban J connectivity index is 1.91. The first-order valence-corrected chi connectivity index (χ1v) is 9.08. The van der Waals surface area contributed by atoms with Crippen molar-refractivity contribution in [2.24, 2.45) is 0 Å². The van der Waals surface area contributed by atoms with E-state index in [-0.39, 0.29) is 18.4 Å².